The van der Waals surface area contributed by atoms with Crippen molar-refractivity contribution in [3.05, 3.63) is 42.4 Å². The molecule has 1 heterocycles. The summed E-state index contributed by atoms with van der Waals surface area (Å²) >= 11 is 0. The second kappa shape index (κ2) is 6.73. The fourth-order valence-corrected chi connectivity index (χ4v) is 1.81. The van der Waals surface area contributed by atoms with E-state index in [1.807, 2.05) is 30.3 Å². The number of para-hydroxylation sites is 1. The highest BCUT2D eigenvalue weighted by molar-refractivity contribution is 5.72. The van der Waals surface area contributed by atoms with Crippen LogP contribution in [-0.2, 0) is 6.42 Å². The van der Waals surface area contributed by atoms with Crippen LogP contribution in [-0.4, -0.2) is 13.2 Å². The van der Waals surface area contributed by atoms with Crippen LogP contribution in [0.5, 0.6) is 5.75 Å². The van der Waals surface area contributed by atoms with E-state index in [4.69, 9.17) is 14.9 Å². The minimum atomic E-state index is 0.662. The summed E-state index contributed by atoms with van der Waals surface area (Å²) in [7, 11) is 0. The standard InChI is InChI=1S/C15H20N2O2/c1-2-10-19-14-7-3-6-13(15(14)16)17-9-8-12-5-4-11-18-12/h3-7,11,17H,2,8-10,16H2,1H3. The second-order valence-electron chi connectivity index (χ2n) is 4.32. The lowest BCUT2D eigenvalue weighted by Gasteiger charge is -2.13. The van der Waals surface area contributed by atoms with Crippen LogP contribution in [0.25, 0.3) is 0 Å². The highest BCUT2D eigenvalue weighted by Crippen LogP contribution is 2.29. The van der Waals surface area contributed by atoms with E-state index in [9.17, 15) is 0 Å². The van der Waals surface area contributed by atoms with Crippen LogP contribution in [0, 0.1) is 0 Å². The number of benzene rings is 1. The predicted molar refractivity (Wildman–Crippen MR) is 77.5 cm³/mol. The van der Waals surface area contributed by atoms with Gasteiger partial charge in [-0.3, -0.25) is 0 Å². The van der Waals surface area contributed by atoms with Crippen molar-refractivity contribution >= 4 is 11.4 Å². The van der Waals surface area contributed by atoms with E-state index >= 15 is 0 Å². The third kappa shape index (κ3) is 3.68. The molecule has 0 saturated carbocycles. The minimum absolute atomic E-state index is 0.662. The van der Waals surface area contributed by atoms with Crippen LogP contribution in [0.15, 0.2) is 41.0 Å². The molecule has 102 valence electrons. The van der Waals surface area contributed by atoms with E-state index in [0.717, 1.165) is 36.6 Å². The number of nitrogen functional groups attached to an aromatic ring is 1. The molecule has 0 bridgehead atoms. The van der Waals surface area contributed by atoms with Gasteiger partial charge >= 0.3 is 0 Å². The van der Waals surface area contributed by atoms with E-state index < -0.39 is 0 Å². The van der Waals surface area contributed by atoms with Crippen molar-refractivity contribution in [2.24, 2.45) is 0 Å². The first-order valence-electron chi connectivity index (χ1n) is 6.58. The maximum Gasteiger partial charge on any atom is 0.144 e. The van der Waals surface area contributed by atoms with Gasteiger partial charge in [0.2, 0.25) is 0 Å². The summed E-state index contributed by atoms with van der Waals surface area (Å²) < 4.78 is 10.9. The minimum Gasteiger partial charge on any atom is -0.491 e. The second-order valence-corrected chi connectivity index (χ2v) is 4.32. The monoisotopic (exact) mass is 260 g/mol. The number of ether oxygens (including phenoxy) is 1. The van der Waals surface area contributed by atoms with Crippen LogP contribution in [0.4, 0.5) is 11.4 Å². The molecule has 2 rings (SSSR count). The van der Waals surface area contributed by atoms with E-state index in [2.05, 4.69) is 12.2 Å². The molecule has 0 saturated heterocycles. The number of nitrogens with one attached hydrogen (secondary N) is 1. The SMILES string of the molecule is CCCOc1cccc(NCCc2ccco2)c1N. The topological polar surface area (TPSA) is 60.4 Å². The van der Waals surface area contributed by atoms with Gasteiger partial charge in [0.1, 0.15) is 11.5 Å². The van der Waals surface area contributed by atoms with Crippen LogP contribution in [0.2, 0.25) is 0 Å². The summed E-state index contributed by atoms with van der Waals surface area (Å²) in [6, 6.07) is 9.64. The van der Waals surface area contributed by atoms with E-state index in [0.29, 0.717) is 12.3 Å². The van der Waals surface area contributed by atoms with E-state index in [1.165, 1.54) is 0 Å². The third-order valence-electron chi connectivity index (χ3n) is 2.79. The number of rotatable bonds is 7. The largest absolute Gasteiger partial charge is 0.491 e. The van der Waals surface area contributed by atoms with Crippen molar-refractivity contribution < 1.29 is 9.15 Å². The Labute approximate surface area is 113 Å². The summed E-state index contributed by atoms with van der Waals surface area (Å²) in [5.74, 6) is 1.70. The fraction of sp³-hybridized carbons (Fsp3) is 0.333. The molecule has 0 fully saturated rings. The first kappa shape index (κ1) is 13.3. The molecule has 0 atom stereocenters. The molecule has 1 aromatic carbocycles. The van der Waals surface area contributed by atoms with Crippen molar-refractivity contribution in [1.82, 2.24) is 0 Å². The van der Waals surface area contributed by atoms with Crippen LogP contribution < -0.4 is 15.8 Å². The van der Waals surface area contributed by atoms with Gasteiger partial charge in [-0.1, -0.05) is 13.0 Å². The average Bonchev–Trinajstić information content (AvgIpc) is 2.92. The molecule has 1 aromatic heterocycles. The van der Waals surface area contributed by atoms with Crippen LogP contribution in [0.1, 0.15) is 19.1 Å². The zero-order chi connectivity index (χ0) is 13.5. The summed E-state index contributed by atoms with van der Waals surface area (Å²) in [5, 5.41) is 3.30. The van der Waals surface area contributed by atoms with Crippen LogP contribution >= 0.6 is 0 Å². The summed E-state index contributed by atoms with van der Waals surface area (Å²) in [6.07, 6.45) is 3.48. The van der Waals surface area contributed by atoms with Crippen molar-refractivity contribution in [2.75, 3.05) is 24.2 Å². The lowest BCUT2D eigenvalue weighted by atomic mass is 10.2. The Balaban J connectivity index is 1.92. The molecule has 0 radical (unpaired) electrons. The van der Waals surface area contributed by atoms with Gasteiger partial charge in [-0.05, 0) is 30.7 Å². The molecule has 0 unspecified atom stereocenters. The lowest BCUT2D eigenvalue weighted by molar-refractivity contribution is 0.319. The summed E-state index contributed by atoms with van der Waals surface area (Å²) in [4.78, 5) is 0. The van der Waals surface area contributed by atoms with Gasteiger partial charge in [0.15, 0.2) is 0 Å². The van der Waals surface area contributed by atoms with Crippen molar-refractivity contribution in [3.63, 3.8) is 0 Å². The third-order valence-corrected chi connectivity index (χ3v) is 2.79. The van der Waals surface area contributed by atoms with E-state index in [1.54, 1.807) is 6.26 Å². The van der Waals surface area contributed by atoms with Gasteiger partial charge < -0.3 is 20.2 Å². The maximum atomic E-state index is 6.07. The Morgan fingerprint density at radius 1 is 1.26 bits per heavy atom. The molecule has 4 heteroatoms. The number of hydrogen-bond donors (Lipinski definition) is 2. The first-order chi connectivity index (χ1) is 9.31. The Hall–Kier alpha value is -2.10. The van der Waals surface area contributed by atoms with Gasteiger partial charge in [-0.25, -0.2) is 0 Å². The van der Waals surface area contributed by atoms with Gasteiger partial charge in [0.05, 0.1) is 24.2 Å². The first-order valence-corrected chi connectivity index (χ1v) is 6.58. The predicted octanol–water partition coefficient (Wildman–Crippen LogP) is 3.31. The van der Waals surface area contributed by atoms with Crippen molar-refractivity contribution in [2.45, 2.75) is 19.8 Å². The Kier molecular flexibility index (Phi) is 4.72. The number of anilines is 2. The maximum absolute atomic E-state index is 6.07. The number of nitrogens with two attached hydrogens (primary N) is 1. The highest BCUT2D eigenvalue weighted by Gasteiger charge is 2.05. The fourth-order valence-electron chi connectivity index (χ4n) is 1.81. The quantitative estimate of drug-likeness (QED) is 0.750. The average molecular weight is 260 g/mol. The molecule has 0 aliphatic heterocycles. The lowest BCUT2D eigenvalue weighted by Crippen LogP contribution is -2.08. The van der Waals surface area contributed by atoms with Gasteiger partial charge in [-0.15, -0.1) is 0 Å². The Morgan fingerprint density at radius 3 is 2.89 bits per heavy atom. The highest BCUT2D eigenvalue weighted by atomic mass is 16.5. The van der Waals surface area contributed by atoms with Crippen molar-refractivity contribution in [3.8, 4) is 5.75 Å². The molecular weight excluding hydrogens is 240 g/mol. The molecule has 19 heavy (non-hydrogen) atoms. The van der Waals surface area contributed by atoms with Gasteiger partial charge in [0.25, 0.3) is 0 Å². The smallest absolute Gasteiger partial charge is 0.144 e. The van der Waals surface area contributed by atoms with Crippen molar-refractivity contribution in [1.29, 1.82) is 0 Å². The summed E-state index contributed by atoms with van der Waals surface area (Å²) in [6.45, 7) is 3.52. The molecule has 0 aliphatic carbocycles. The van der Waals surface area contributed by atoms with E-state index in [-0.39, 0.29) is 0 Å². The van der Waals surface area contributed by atoms with Crippen LogP contribution in [0.3, 0.4) is 0 Å². The molecular formula is C15H20N2O2. The molecule has 0 amide bonds. The Morgan fingerprint density at radius 2 is 2.16 bits per heavy atom. The molecule has 4 nitrogen and oxygen atoms in total. The molecule has 0 aliphatic rings. The zero-order valence-electron chi connectivity index (χ0n) is 11.2. The molecule has 2 aromatic rings. The zero-order valence-corrected chi connectivity index (χ0v) is 11.2. The van der Waals surface area contributed by atoms with Gasteiger partial charge in [-0.2, -0.15) is 0 Å². The summed E-state index contributed by atoms with van der Waals surface area (Å²) in [5.41, 5.74) is 7.64. The Bertz CT molecular complexity index is 495. The normalized spacial score (nSPS) is 10.4. The number of furan rings is 1. The number of hydrogen-bond acceptors (Lipinski definition) is 4. The molecule has 3 N–H and O–H groups in total. The molecule has 0 spiro atoms. The van der Waals surface area contributed by atoms with Gasteiger partial charge in [0, 0.05) is 13.0 Å².